The van der Waals surface area contributed by atoms with Crippen molar-refractivity contribution in [3.63, 3.8) is 0 Å². The van der Waals surface area contributed by atoms with E-state index >= 15 is 4.39 Å². The van der Waals surface area contributed by atoms with Crippen LogP contribution in [0.3, 0.4) is 0 Å². The van der Waals surface area contributed by atoms with E-state index in [4.69, 9.17) is 14.4 Å². The first-order valence-corrected chi connectivity index (χ1v) is 9.22. The summed E-state index contributed by atoms with van der Waals surface area (Å²) in [6, 6.07) is 11.6. The molecule has 0 N–H and O–H groups in total. The van der Waals surface area contributed by atoms with Crippen molar-refractivity contribution in [2.75, 3.05) is 7.11 Å². The van der Waals surface area contributed by atoms with Gasteiger partial charge in [-0.2, -0.15) is 5.26 Å². The second-order valence-corrected chi connectivity index (χ2v) is 6.88. The molecule has 5 aromatic rings. The molecular weight excluding hydrogens is 401 g/mol. The lowest BCUT2D eigenvalue weighted by Gasteiger charge is -2.15. The average molecular weight is 415 g/mol. The number of rotatable bonds is 3. The zero-order valence-corrected chi connectivity index (χ0v) is 16.5. The van der Waals surface area contributed by atoms with Crippen LogP contribution in [0.15, 0.2) is 58.1 Å². The fourth-order valence-electron chi connectivity index (χ4n) is 3.60. The summed E-state index contributed by atoms with van der Waals surface area (Å²) in [6.07, 6.45) is 3.10. The van der Waals surface area contributed by atoms with Crippen LogP contribution in [0.5, 0.6) is 5.88 Å². The largest absolute Gasteiger partial charge is 0.479 e. The number of oxazole rings is 1. The number of nitrogens with zero attached hydrogens (tertiary/aromatic N) is 5. The van der Waals surface area contributed by atoms with Crippen molar-refractivity contribution >= 4 is 16.6 Å². The first kappa shape index (κ1) is 18.6. The monoisotopic (exact) mass is 415 g/mol. The quantitative estimate of drug-likeness (QED) is 0.447. The predicted octanol–water partition coefficient (Wildman–Crippen LogP) is 3.53. The van der Waals surface area contributed by atoms with Gasteiger partial charge in [-0.1, -0.05) is 12.1 Å². The fourth-order valence-corrected chi connectivity index (χ4v) is 3.60. The Labute approximate surface area is 174 Å². The number of aromatic nitrogens is 4. The highest BCUT2D eigenvalue weighted by molar-refractivity contribution is 5.87. The average Bonchev–Trinajstić information content (AvgIpc) is 3.38. The van der Waals surface area contributed by atoms with Gasteiger partial charge in [0, 0.05) is 24.2 Å². The third-order valence-electron chi connectivity index (χ3n) is 5.15. The molecule has 0 aliphatic carbocycles. The highest BCUT2D eigenvalue weighted by Crippen LogP contribution is 2.37. The summed E-state index contributed by atoms with van der Waals surface area (Å²) in [4.78, 5) is 20.7. The second-order valence-electron chi connectivity index (χ2n) is 6.88. The highest BCUT2D eigenvalue weighted by Gasteiger charge is 2.22. The van der Waals surface area contributed by atoms with Crippen LogP contribution in [0.2, 0.25) is 0 Å². The molecule has 0 aliphatic heterocycles. The smallest absolute Gasteiger partial charge is 0.419 e. The molecule has 2 aromatic carbocycles. The van der Waals surface area contributed by atoms with Crippen LogP contribution >= 0.6 is 0 Å². The van der Waals surface area contributed by atoms with E-state index in [0.29, 0.717) is 39.4 Å². The van der Waals surface area contributed by atoms with Crippen molar-refractivity contribution in [1.29, 1.82) is 5.26 Å². The van der Waals surface area contributed by atoms with Gasteiger partial charge in [0.15, 0.2) is 5.58 Å². The zero-order valence-electron chi connectivity index (χ0n) is 16.5. The van der Waals surface area contributed by atoms with Gasteiger partial charge in [-0.25, -0.2) is 19.2 Å². The number of aryl methyl sites for hydroxylation is 1. The Morgan fingerprint density at radius 3 is 2.68 bits per heavy atom. The molecule has 0 spiro atoms. The van der Waals surface area contributed by atoms with Gasteiger partial charge in [-0.3, -0.25) is 8.97 Å². The molecule has 31 heavy (non-hydrogen) atoms. The van der Waals surface area contributed by atoms with Gasteiger partial charge in [0.05, 0.1) is 48.2 Å². The standard InChI is InChI=1S/C22H14FN5O3/c1-27-16-8-15(23)14(7-18(16)31-22(27)29)20-19(13-5-3-12(9-24)4-6-13)26-21(30-2)17-10-25-11-28(17)20/h3-8,10-11H,1-2H3. The third kappa shape index (κ3) is 2.77. The molecule has 5 rings (SSSR count). The summed E-state index contributed by atoms with van der Waals surface area (Å²) >= 11 is 0. The zero-order chi connectivity index (χ0) is 21.7. The predicted molar refractivity (Wildman–Crippen MR) is 110 cm³/mol. The Kier molecular flexibility index (Phi) is 4.08. The molecule has 3 aromatic heterocycles. The van der Waals surface area contributed by atoms with Gasteiger partial charge in [-0.15, -0.1) is 0 Å². The van der Waals surface area contributed by atoms with Crippen LogP contribution in [-0.2, 0) is 7.05 Å². The van der Waals surface area contributed by atoms with Gasteiger partial charge in [0.2, 0.25) is 5.88 Å². The molecule has 0 aliphatic rings. The first-order valence-electron chi connectivity index (χ1n) is 9.22. The van der Waals surface area contributed by atoms with E-state index in [1.54, 1.807) is 34.9 Å². The van der Waals surface area contributed by atoms with E-state index in [2.05, 4.69) is 16.0 Å². The molecule has 3 heterocycles. The number of methoxy groups -OCH3 is 1. The van der Waals surface area contributed by atoms with Crippen molar-refractivity contribution < 1.29 is 13.5 Å². The Morgan fingerprint density at radius 1 is 1.19 bits per heavy atom. The van der Waals surface area contributed by atoms with E-state index < -0.39 is 11.6 Å². The van der Waals surface area contributed by atoms with E-state index in [-0.39, 0.29) is 11.1 Å². The Morgan fingerprint density at radius 2 is 1.97 bits per heavy atom. The number of ether oxygens (including phenoxy) is 1. The second kappa shape index (κ2) is 6.81. The number of fused-ring (bicyclic) bond motifs is 2. The molecule has 0 fully saturated rings. The van der Waals surface area contributed by atoms with Gasteiger partial charge in [-0.05, 0) is 18.2 Å². The first-order chi connectivity index (χ1) is 15.0. The van der Waals surface area contributed by atoms with E-state index in [0.717, 1.165) is 0 Å². The van der Waals surface area contributed by atoms with Crippen molar-refractivity contribution in [3.8, 4) is 34.5 Å². The number of imidazole rings is 1. The summed E-state index contributed by atoms with van der Waals surface area (Å²) in [6.45, 7) is 0. The van der Waals surface area contributed by atoms with E-state index in [9.17, 15) is 4.79 Å². The minimum atomic E-state index is -0.584. The molecular formula is C22H14FN5O3. The molecule has 0 saturated carbocycles. The Bertz CT molecular complexity index is 1570. The molecule has 0 saturated heterocycles. The van der Waals surface area contributed by atoms with Gasteiger partial charge >= 0.3 is 5.76 Å². The fraction of sp³-hybridized carbons (Fsp3) is 0.0909. The summed E-state index contributed by atoms with van der Waals surface area (Å²) in [7, 11) is 3.00. The van der Waals surface area contributed by atoms with Crippen LogP contribution in [0.4, 0.5) is 4.39 Å². The Hall–Kier alpha value is -4.45. The summed E-state index contributed by atoms with van der Waals surface area (Å²) in [5.41, 5.74) is 3.28. The molecule has 0 bridgehead atoms. The maximum Gasteiger partial charge on any atom is 0.419 e. The van der Waals surface area contributed by atoms with E-state index in [1.165, 1.54) is 37.2 Å². The molecule has 9 heteroatoms. The lowest BCUT2D eigenvalue weighted by atomic mass is 10.0. The highest BCUT2D eigenvalue weighted by atomic mass is 19.1. The van der Waals surface area contributed by atoms with E-state index in [1.807, 2.05) is 0 Å². The number of hydrogen-bond acceptors (Lipinski definition) is 6. The topological polar surface area (TPSA) is 98.4 Å². The minimum Gasteiger partial charge on any atom is -0.479 e. The lowest BCUT2D eigenvalue weighted by molar-refractivity contribution is 0.402. The molecule has 152 valence electrons. The number of halogens is 1. The number of nitriles is 1. The van der Waals surface area contributed by atoms with Crippen LogP contribution < -0.4 is 10.5 Å². The number of hydrogen-bond donors (Lipinski definition) is 0. The molecule has 0 amide bonds. The number of benzene rings is 2. The summed E-state index contributed by atoms with van der Waals surface area (Å²) in [5.74, 6) is -0.825. The lowest BCUT2D eigenvalue weighted by Crippen LogP contribution is -2.08. The molecule has 0 radical (unpaired) electrons. The molecule has 8 nitrogen and oxygen atoms in total. The van der Waals surface area contributed by atoms with Gasteiger partial charge in [0.25, 0.3) is 0 Å². The summed E-state index contributed by atoms with van der Waals surface area (Å²) in [5, 5.41) is 9.10. The Balaban J connectivity index is 1.89. The van der Waals surface area contributed by atoms with Crippen LogP contribution in [-0.4, -0.2) is 26.0 Å². The normalized spacial score (nSPS) is 11.2. The maximum atomic E-state index is 15.3. The van der Waals surface area contributed by atoms with Crippen LogP contribution in [0.1, 0.15) is 5.56 Å². The van der Waals surface area contributed by atoms with Crippen molar-refractivity contribution in [3.05, 3.63) is 70.9 Å². The summed E-state index contributed by atoms with van der Waals surface area (Å²) < 4.78 is 28.9. The van der Waals surface area contributed by atoms with Gasteiger partial charge in [0.1, 0.15) is 11.3 Å². The van der Waals surface area contributed by atoms with Crippen molar-refractivity contribution in [2.45, 2.75) is 0 Å². The van der Waals surface area contributed by atoms with Gasteiger partial charge < -0.3 is 9.15 Å². The third-order valence-corrected chi connectivity index (χ3v) is 5.15. The molecule has 0 unspecified atom stereocenters. The minimum absolute atomic E-state index is 0.180. The van der Waals surface area contributed by atoms with Crippen LogP contribution in [0.25, 0.3) is 39.1 Å². The van der Waals surface area contributed by atoms with Crippen molar-refractivity contribution in [1.82, 2.24) is 18.9 Å². The van der Waals surface area contributed by atoms with Crippen LogP contribution in [0, 0.1) is 17.1 Å². The molecule has 0 atom stereocenters. The van der Waals surface area contributed by atoms with Crippen molar-refractivity contribution in [2.24, 2.45) is 7.05 Å². The SMILES string of the molecule is COc1nc(-c2ccc(C#N)cc2)c(-c2cc3oc(=O)n(C)c3cc2F)n2cncc12. The maximum absolute atomic E-state index is 15.3.